The highest BCUT2D eigenvalue weighted by Crippen LogP contribution is 2.33. The lowest BCUT2D eigenvalue weighted by Crippen LogP contribution is -2.32. The monoisotopic (exact) mass is 369 g/mol. The molecule has 1 amide bonds. The van der Waals surface area contributed by atoms with Crippen LogP contribution >= 0.6 is 22.9 Å². The normalized spacial score (nSPS) is 16.0. The molecule has 122 valence electrons. The molecule has 0 bridgehead atoms. The van der Waals surface area contributed by atoms with Gasteiger partial charge in [0.1, 0.15) is 9.46 Å². The molecule has 1 aliphatic carbocycles. The molecule has 2 aromatic rings. The number of hydrogen-bond donors (Lipinski definition) is 1. The van der Waals surface area contributed by atoms with Crippen LogP contribution in [-0.4, -0.2) is 20.9 Å². The molecule has 1 fully saturated rings. The third-order valence-corrected chi connectivity index (χ3v) is 7.59. The molecule has 0 spiro atoms. The van der Waals surface area contributed by atoms with E-state index in [-0.39, 0.29) is 18.4 Å². The van der Waals surface area contributed by atoms with Crippen LogP contribution in [0.25, 0.3) is 0 Å². The Hall–Kier alpha value is -1.37. The smallest absolute Gasteiger partial charge is 0.223 e. The van der Waals surface area contributed by atoms with Crippen molar-refractivity contribution in [3.8, 4) is 0 Å². The maximum atomic E-state index is 12.9. The zero-order chi connectivity index (χ0) is 16.4. The molecule has 3 rings (SSSR count). The van der Waals surface area contributed by atoms with Crippen molar-refractivity contribution in [1.29, 1.82) is 0 Å². The number of sulfone groups is 1. The third-order valence-electron chi connectivity index (χ3n) is 3.80. The average molecular weight is 370 g/mol. The number of hydrogen-bond acceptors (Lipinski definition) is 4. The molecular weight excluding hydrogens is 354 g/mol. The number of carbonyl (C=O) groups excluding carboxylic acids is 1. The highest BCUT2D eigenvalue weighted by molar-refractivity contribution is 7.93. The van der Waals surface area contributed by atoms with Crippen LogP contribution in [-0.2, 0) is 14.6 Å². The van der Waals surface area contributed by atoms with Crippen LogP contribution in [0, 0.1) is 5.92 Å². The summed E-state index contributed by atoms with van der Waals surface area (Å²) in [6.45, 7) is 0.0667. The highest BCUT2D eigenvalue weighted by Gasteiger charge is 2.33. The fourth-order valence-electron chi connectivity index (χ4n) is 2.33. The van der Waals surface area contributed by atoms with Crippen LogP contribution in [0.15, 0.2) is 46.0 Å². The number of nitrogens with one attached hydrogen (secondary N) is 1. The van der Waals surface area contributed by atoms with E-state index in [1.165, 1.54) is 11.3 Å². The molecule has 0 aliphatic heterocycles. The molecule has 0 radical (unpaired) electrons. The van der Waals surface area contributed by atoms with Gasteiger partial charge in [0.2, 0.25) is 5.91 Å². The van der Waals surface area contributed by atoms with Gasteiger partial charge in [0.05, 0.1) is 0 Å². The van der Waals surface area contributed by atoms with Crippen LogP contribution in [0.1, 0.15) is 23.7 Å². The number of benzene rings is 1. The number of rotatable bonds is 6. The topological polar surface area (TPSA) is 63.2 Å². The summed E-state index contributed by atoms with van der Waals surface area (Å²) in [6, 6.07) is 10.0. The lowest BCUT2D eigenvalue weighted by Gasteiger charge is -2.18. The molecule has 1 aromatic heterocycles. The second-order valence-electron chi connectivity index (χ2n) is 5.54. The number of amides is 1. The maximum absolute atomic E-state index is 12.9. The Morgan fingerprint density at radius 3 is 2.52 bits per heavy atom. The minimum Gasteiger partial charge on any atom is -0.354 e. The van der Waals surface area contributed by atoms with Gasteiger partial charge in [0, 0.05) is 17.5 Å². The molecule has 1 atom stereocenters. The van der Waals surface area contributed by atoms with Crippen LogP contribution in [0.5, 0.6) is 0 Å². The summed E-state index contributed by atoms with van der Waals surface area (Å²) < 4.78 is 26.1. The van der Waals surface area contributed by atoms with E-state index in [1.54, 1.807) is 41.8 Å². The van der Waals surface area contributed by atoms with Crippen molar-refractivity contribution in [3.63, 3.8) is 0 Å². The fraction of sp³-hybridized carbons (Fsp3) is 0.312. The number of thiophene rings is 1. The van der Waals surface area contributed by atoms with E-state index >= 15 is 0 Å². The molecule has 7 heteroatoms. The summed E-state index contributed by atoms with van der Waals surface area (Å²) in [7, 11) is -3.56. The number of halogens is 1. The zero-order valence-electron chi connectivity index (χ0n) is 12.2. The van der Waals surface area contributed by atoms with Crippen LogP contribution < -0.4 is 5.32 Å². The highest BCUT2D eigenvalue weighted by atomic mass is 35.5. The molecule has 0 saturated heterocycles. The minimum absolute atomic E-state index is 0.0466. The molecule has 23 heavy (non-hydrogen) atoms. The Labute approximate surface area is 144 Å². The van der Waals surface area contributed by atoms with Gasteiger partial charge in [0.15, 0.2) is 9.84 Å². The van der Waals surface area contributed by atoms with E-state index in [0.717, 1.165) is 12.8 Å². The van der Waals surface area contributed by atoms with Crippen molar-refractivity contribution in [2.75, 3.05) is 6.54 Å². The first-order valence-electron chi connectivity index (χ1n) is 7.29. The fourth-order valence-corrected chi connectivity index (χ4v) is 5.33. The molecule has 0 unspecified atom stereocenters. The van der Waals surface area contributed by atoms with Crippen LogP contribution in [0.3, 0.4) is 0 Å². The first kappa shape index (κ1) is 16.5. The standard InChI is InChI=1S/C16H16ClNO3S2/c17-13-7-5-11(6-8-13)14(10-18-16(19)12-3-4-12)23(20,21)15-2-1-9-22-15/h1-2,5-9,12,14H,3-4,10H2,(H,18,19)/t14-/m1/s1. The van der Waals surface area contributed by atoms with Crippen molar-refractivity contribution >= 4 is 38.7 Å². The van der Waals surface area contributed by atoms with Gasteiger partial charge in [-0.15, -0.1) is 11.3 Å². The molecule has 1 saturated carbocycles. The van der Waals surface area contributed by atoms with Crippen LogP contribution in [0.2, 0.25) is 5.02 Å². The lowest BCUT2D eigenvalue weighted by molar-refractivity contribution is -0.122. The van der Waals surface area contributed by atoms with Gasteiger partial charge in [-0.25, -0.2) is 8.42 Å². The van der Waals surface area contributed by atoms with Gasteiger partial charge in [-0.05, 0) is 42.0 Å². The van der Waals surface area contributed by atoms with E-state index in [9.17, 15) is 13.2 Å². The Morgan fingerprint density at radius 2 is 1.96 bits per heavy atom. The first-order valence-corrected chi connectivity index (χ1v) is 10.1. The van der Waals surface area contributed by atoms with Gasteiger partial charge >= 0.3 is 0 Å². The molecule has 4 nitrogen and oxygen atoms in total. The molecule has 1 aromatic carbocycles. The summed E-state index contributed by atoms with van der Waals surface area (Å²) in [5.41, 5.74) is 0.624. The molecule has 1 aliphatic rings. The molecular formula is C16H16ClNO3S2. The van der Waals surface area contributed by atoms with Crippen LogP contribution in [0.4, 0.5) is 0 Å². The summed E-state index contributed by atoms with van der Waals surface area (Å²) in [6.07, 6.45) is 1.77. The van der Waals surface area contributed by atoms with Gasteiger partial charge in [-0.3, -0.25) is 4.79 Å². The van der Waals surface area contributed by atoms with Crippen molar-refractivity contribution in [2.45, 2.75) is 22.3 Å². The Bertz CT molecular complexity index is 781. The molecule has 1 heterocycles. The Kier molecular flexibility index (Phi) is 4.75. The summed E-state index contributed by atoms with van der Waals surface area (Å²) in [5, 5.41) is 4.24. The van der Waals surface area contributed by atoms with E-state index in [1.807, 2.05) is 0 Å². The maximum Gasteiger partial charge on any atom is 0.223 e. The average Bonchev–Trinajstić information content (AvgIpc) is 3.22. The predicted molar refractivity (Wildman–Crippen MR) is 91.4 cm³/mol. The Morgan fingerprint density at radius 1 is 1.26 bits per heavy atom. The SMILES string of the molecule is O=C(NC[C@H](c1ccc(Cl)cc1)S(=O)(=O)c1cccs1)C1CC1. The van der Waals surface area contributed by atoms with Gasteiger partial charge in [0.25, 0.3) is 0 Å². The van der Waals surface area contributed by atoms with Crippen molar-refractivity contribution < 1.29 is 13.2 Å². The number of carbonyl (C=O) groups is 1. The van der Waals surface area contributed by atoms with E-state index < -0.39 is 15.1 Å². The zero-order valence-corrected chi connectivity index (χ0v) is 14.6. The summed E-state index contributed by atoms with van der Waals surface area (Å²) >= 11 is 7.07. The second-order valence-corrected chi connectivity index (χ2v) is 9.28. The summed E-state index contributed by atoms with van der Waals surface area (Å²) in [4.78, 5) is 11.9. The van der Waals surface area contributed by atoms with Crippen molar-refractivity contribution in [1.82, 2.24) is 5.32 Å². The Balaban J connectivity index is 1.89. The third kappa shape index (κ3) is 3.76. The quantitative estimate of drug-likeness (QED) is 0.848. The largest absolute Gasteiger partial charge is 0.354 e. The predicted octanol–water partition coefficient (Wildman–Crippen LogP) is 3.44. The first-order chi connectivity index (χ1) is 11.0. The molecule has 1 N–H and O–H groups in total. The summed E-state index contributed by atoms with van der Waals surface area (Å²) in [5.74, 6) is -0.0179. The second kappa shape index (κ2) is 6.63. The van der Waals surface area contributed by atoms with Gasteiger partial charge < -0.3 is 5.32 Å². The van der Waals surface area contributed by atoms with Crippen molar-refractivity contribution in [3.05, 3.63) is 52.4 Å². The van der Waals surface area contributed by atoms with Crippen molar-refractivity contribution in [2.24, 2.45) is 5.92 Å². The minimum atomic E-state index is -3.56. The van der Waals surface area contributed by atoms with E-state index in [0.29, 0.717) is 14.8 Å². The lowest BCUT2D eigenvalue weighted by atomic mass is 10.1. The van der Waals surface area contributed by atoms with Gasteiger partial charge in [-0.1, -0.05) is 29.8 Å². The van der Waals surface area contributed by atoms with Gasteiger partial charge in [-0.2, -0.15) is 0 Å². The van der Waals surface area contributed by atoms with E-state index in [2.05, 4.69) is 5.32 Å². The van der Waals surface area contributed by atoms with E-state index in [4.69, 9.17) is 11.6 Å².